The molecule has 0 aliphatic heterocycles. The minimum absolute atomic E-state index is 0.581. The molecule has 0 aliphatic rings. The van der Waals surface area contributed by atoms with Crippen LogP contribution in [0, 0.1) is 5.21 Å². The van der Waals surface area contributed by atoms with E-state index in [1.54, 1.807) is 0 Å². The Hall–Kier alpha value is -0.340. The van der Waals surface area contributed by atoms with Crippen molar-refractivity contribution in [2.75, 3.05) is 6.54 Å². The van der Waals surface area contributed by atoms with Crippen LogP contribution in [0.25, 0.3) is 0 Å². The lowest BCUT2D eigenvalue weighted by molar-refractivity contribution is -0.578. The lowest BCUT2D eigenvalue weighted by Crippen LogP contribution is -2.76. The lowest BCUT2D eigenvalue weighted by atomic mass is 10.1. The van der Waals surface area contributed by atoms with Crippen LogP contribution in [-0.4, -0.2) is 6.54 Å². The summed E-state index contributed by atoms with van der Waals surface area (Å²) in [5, 5.41) is 10.1. The number of hydrogen-bond acceptors (Lipinski definition) is 1. The number of hydroxylamine groups is 1. The molecule has 0 saturated carbocycles. The van der Waals surface area contributed by atoms with Crippen molar-refractivity contribution < 1.29 is 5.48 Å². The predicted molar refractivity (Wildman–Crippen MR) is 75.8 cm³/mol. The van der Waals surface area contributed by atoms with Gasteiger partial charge >= 0.3 is 0 Å². The summed E-state index contributed by atoms with van der Waals surface area (Å²) in [5.74, 6) is 0. The van der Waals surface area contributed by atoms with Crippen LogP contribution in [0.3, 0.4) is 0 Å². The normalized spacial score (nSPS) is 11.4. The summed E-state index contributed by atoms with van der Waals surface area (Å²) in [7, 11) is 0. The Bertz CT molecular complexity index is 157. The molecule has 0 bridgehead atoms. The molecule has 0 amide bonds. The SMILES string of the molecule is CCCCCCCCCCCCC=CC[NH2+][O-]. The van der Waals surface area contributed by atoms with E-state index in [4.69, 9.17) is 0 Å². The average molecular weight is 241 g/mol. The van der Waals surface area contributed by atoms with E-state index >= 15 is 0 Å². The Labute approximate surface area is 107 Å². The summed E-state index contributed by atoms with van der Waals surface area (Å²) < 4.78 is 0. The van der Waals surface area contributed by atoms with E-state index in [1.165, 1.54) is 64.2 Å². The first-order valence-corrected chi connectivity index (χ1v) is 7.50. The van der Waals surface area contributed by atoms with E-state index in [0.717, 1.165) is 11.9 Å². The van der Waals surface area contributed by atoms with Gasteiger partial charge in [-0.05, 0) is 18.9 Å². The molecule has 17 heavy (non-hydrogen) atoms. The summed E-state index contributed by atoms with van der Waals surface area (Å²) in [6.07, 6.45) is 19.1. The molecule has 0 aliphatic carbocycles. The second kappa shape index (κ2) is 15.7. The first kappa shape index (κ1) is 16.7. The summed E-state index contributed by atoms with van der Waals surface area (Å²) in [4.78, 5) is 0. The van der Waals surface area contributed by atoms with Gasteiger partial charge in [0, 0.05) is 0 Å². The average Bonchev–Trinajstić information content (AvgIpc) is 2.35. The summed E-state index contributed by atoms with van der Waals surface area (Å²) >= 11 is 0. The van der Waals surface area contributed by atoms with Crippen LogP contribution in [0.15, 0.2) is 12.2 Å². The maximum Gasteiger partial charge on any atom is 0.0939 e. The Morgan fingerprint density at radius 2 is 1.29 bits per heavy atom. The van der Waals surface area contributed by atoms with Crippen molar-refractivity contribution in [1.82, 2.24) is 0 Å². The first-order valence-electron chi connectivity index (χ1n) is 7.50. The molecular weight excluding hydrogens is 210 g/mol. The van der Waals surface area contributed by atoms with Gasteiger partial charge < -0.3 is 10.7 Å². The molecule has 0 fully saturated rings. The van der Waals surface area contributed by atoms with E-state index in [-0.39, 0.29) is 0 Å². The van der Waals surface area contributed by atoms with E-state index in [9.17, 15) is 5.21 Å². The van der Waals surface area contributed by atoms with Gasteiger partial charge in [0.25, 0.3) is 0 Å². The smallest absolute Gasteiger partial charge is 0.0939 e. The second-order valence-corrected chi connectivity index (χ2v) is 4.84. The van der Waals surface area contributed by atoms with Crippen LogP contribution in [0.5, 0.6) is 0 Å². The molecule has 0 spiro atoms. The molecule has 2 heteroatoms. The van der Waals surface area contributed by atoms with Gasteiger partial charge in [0.2, 0.25) is 0 Å². The van der Waals surface area contributed by atoms with E-state index in [0.29, 0.717) is 6.54 Å². The number of unbranched alkanes of at least 4 members (excludes halogenated alkanes) is 10. The molecule has 0 atom stereocenters. The molecule has 2 nitrogen and oxygen atoms in total. The van der Waals surface area contributed by atoms with Gasteiger partial charge in [-0.3, -0.25) is 0 Å². The maximum absolute atomic E-state index is 10.1. The van der Waals surface area contributed by atoms with Crippen molar-refractivity contribution in [3.8, 4) is 0 Å². The monoisotopic (exact) mass is 241 g/mol. The van der Waals surface area contributed by atoms with Crippen LogP contribution in [0.1, 0.15) is 77.6 Å². The molecule has 0 unspecified atom stereocenters. The molecule has 0 aromatic carbocycles. The van der Waals surface area contributed by atoms with Gasteiger partial charge in [-0.1, -0.05) is 70.8 Å². The van der Waals surface area contributed by atoms with Crippen molar-refractivity contribution in [1.29, 1.82) is 0 Å². The molecular formula is C15H31NO. The molecule has 2 N–H and O–H groups in total. The molecule has 0 heterocycles. The molecule has 0 aromatic rings. The fraction of sp³-hybridized carbons (Fsp3) is 0.867. The fourth-order valence-electron chi connectivity index (χ4n) is 2.02. The predicted octanol–water partition coefficient (Wildman–Crippen LogP) is 3.91. The minimum atomic E-state index is 0.581. The Kier molecular flexibility index (Phi) is 15.3. The van der Waals surface area contributed by atoms with Crippen molar-refractivity contribution in [2.24, 2.45) is 0 Å². The topological polar surface area (TPSA) is 39.7 Å². The summed E-state index contributed by atoms with van der Waals surface area (Å²) in [6, 6.07) is 0. The number of hydrogen-bond donors (Lipinski definition) is 1. The number of rotatable bonds is 13. The molecule has 0 aromatic heterocycles. The van der Waals surface area contributed by atoms with Crippen molar-refractivity contribution in [2.45, 2.75) is 77.6 Å². The Morgan fingerprint density at radius 1 is 0.765 bits per heavy atom. The van der Waals surface area contributed by atoms with Crippen molar-refractivity contribution in [3.63, 3.8) is 0 Å². The van der Waals surface area contributed by atoms with Gasteiger partial charge in [-0.25, -0.2) is 0 Å². The Morgan fingerprint density at radius 3 is 1.82 bits per heavy atom. The first-order chi connectivity index (χ1) is 8.41. The highest BCUT2D eigenvalue weighted by molar-refractivity contribution is 4.80. The van der Waals surface area contributed by atoms with Crippen molar-refractivity contribution >= 4 is 0 Å². The van der Waals surface area contributed by atoms with Gasteiger partial charge in [0.15, 0.2) is 0 Å². The lowest BCUT2D eigenvalue weighted by Gasteiger charge is -2.01. The highest BCUT2D eigenvalue weighted by Gasteiger charge is 1.91. The van der Waals surface area contributed by atoms with E-state index in [1.807, 2.05) is 6.08 Å². The van der Waals surface area contributed by atoms with Crippen LogP contribution in [-0.2, 0) is 0 Å². The fourth-order valence-corrected chi connectivity index (χ4v) is 2.02. The number of quaternary nitrogens is 1. The third kappa shape index (κ3) is 15.7. The van der Waals surface area contributed by atoms with Gasteiger partial charge in [0.05, 0.1) is 6.54 Å². The van der Waals surface area contributed by atoms with Gasteiger partial charge in [-0.2, -0.15) is 0 Å². The molecule has 0 radical (unpaired) electrons. The third-order valence-corrected chi connectivity index (χ3v) is 3.12. The van der Waals surface area contributed by atoms with Crippen LogP contribution < -0.4 is 5.48 Å². The number of allylic oxidation sites excluding steroid dienone is 1. The highest BCUT2D eigenvalue weighted by atomic mass is 16.5. The van der Waals surface area contributed by atoms with Crippen LogP contribution in [0.2, 0.25) is 0 Å². The number of nitrogens with two attached hydrogens (primary N) is 1. The zero-order valence-electron chi connectivity index (χ0n) is 11.6. The zero-order chi connectivity index (χ0) is 12.6. The quantitative estimate of drug-likeness (QED) is 0.296. The van der Waals surface area contributed by atoms with E-state index < -0.39 is 0 Å². The minimum Gasteiger partial charge on any atom is -0.636 e. The Balaban J connectivity index is 2.94. The maximum atomic E-state index is 10.1. The summed E-state index contributed by atoms with van der Waals surface area (Å²) in [6.45, 7) is 2.85. The van der Waals surface area contributed by atoms with Crippen LogP contribution >= 0.6 is 0 Å². The third-order valence-electron chi connectivity index (χ3n) is 3.12. The van der Waals surface area contributed by atoms with Gasteiger partial charge in [-0.15, -0.1) is 0 Å². The standard InChI is InChI=1S/C15H31NO/c1-2-3-4-5-6-7-8-9-10-11-12-13-14-15-16-17/h13-14H,2-12,15-16H2,1H3. The van der Waals surface area contributed by atoms with Crippen molar-refractivity contribution in [3.05, 3.63) is 17.4 Å². The highest BCUT2D eigenvalue weighted by Crippen LogP contribution is 2.11. The molecule has 0 saturated heterocycles. The zero-order valence-corrected chi connectivity index (χ0v) is 11.6. The van der Waals surface area contributed by atoms with Gasteiger partial charge in [0.1, 0.15) is 0 Å². The van der Waals surface area contributed by atoms with E-state index in [2.05, 4.69) is 13.0 Å². The summed E-state index contributed by atoms with van der Waals surface area (Å²) in [5.41, 5.74) is 0.953. The molecule has 102 valence electrons. The molecule has 0 rings (SSSR count). The second-order valence-electron chi connectivity index (χ2n) is 4.84. The largest absolute Gasteiger partial charge is 0.636 e. The van der Waals surface area contributed by atoms with Crippen LogP contribution in [0.4, 0.5) is 0 Å².